The third-order valence-corrected chi connectivity index (χ3v) is 6.86. The van der Waals surface area contributed by atoms with Gasteiger partial charge in [-0.05, 0) is 25.7 Å². The van der Waals surface area contributed by atoms with Crippen molar-refractivity contribution in [3.63, 3.8) is 0 Å². The molecule has 0 heterocycles. The van der Waals surface area contributed by atoms with Crippen molar-refractivity contribution in [2.75, 3.05) is 39.6 Å². The fraction of sp³-hybridized carbons (Fsp3) is 1.00. The smallest absolute Gasteiger partial charge is 0.0566 e. The summed E-state index contributed by atoms with van der Waals surface area (Å²) in [6.45, 7) is 7.53. The van der Waals surface area contributed by atoms with Crippen LogP contribution in [-0.2, 0) is 9.47 Å². The molecule has 4 nitrogen and oxygen atoms in total. The number of hydrogen-bond donors (Lipinski definition) is 2. The lowest BCUT2D eigenvalue weighted by molar-refractivity contribution is -0.0347. The Balaban J connectivity index is 3.58. The summed E-state index contributed by atoms with van der Waals surface area (Å²) in [7, 11) is 0. The van der Waals surface area contributed by atoms with E-state index in [-0.39, 0.29) is 13.2 Å². The van der Waals surface area contributed by atoms with Crippen LogP contribution < -0.4 is 0 Å². The standard InChI is InChI=1S/C29H60O4/c1-3-5-7-9-10-11-12-13-16-21-25-33-28-29(26-30,27-31)22-18-15-14-17-20-24-32-23-19-8-6-4-2/h30-31H,3-28H2,1-2H3. The highest BCUT2D eigenvalue weighted by molar-refractivity contribution is 4.77. The fourth-order valence-corrected chi connectivity index (χ4v) is 4.32. The number of unbranched alkanes of at least 4 members (excludes halogenated alkanes) is 16. The van der Waals surface area contributed by atoms with Crippen molar-refractivity contribution in [2.24, 2.45) is 5.41 Å². The molecule has 33 heavy (non-hydrogen) atoms. The number of hydrogen-bond acceptors (Lipinski definition) is 4. The molecule has 0 aliphatic rings. The van der Waals surface area contributed by atoms with Crippen molar-refractivity contribution in [3.05, 3.63) is 0 Å². The molecule has 0 aromatic heterocycles. The summed E-state index contributed by atoms with van der Waals surface area (Å²) in [5.74, 6) is 0. The van der Waals surface area contributed by atoms with Crippen LogP contribution in [0.2, 0.25) is 0 Å². The minimum Gasteiger partial charge on any atom is -0.396 e. The first-order valence-electron chi connectivity index (χ1n) is 14.6. The van der Waals surface area contributed by atoms with Crippen LogP contribution >= 0.6 is 0 Å². The Bertz CT molecular complexity index is 328. The Kier molecular flexibility index (Phi) is 26.3. The molecule has 0 amide bonds. The van der Waals surface area contributed by atoms with E-state index >= 15 is 0 Å². The average Bonchev–Trinajstić information content (AvgIpc) is 2.84. The second-order valence-electron chi connectivity index (χ2n) is 10.2. The molecule has 2 N–H and O–H groups in total. The minimum atomic E-state index is -0.472. The average molecular weight is 473 g/mol. The second-order valence-corrected chi connectivity index (χ2v) is 10.2. The van der Waals surface area contributed by atoms with Gasteiger partial charge in [-0.2, -0.15) is 0 Å². The predicted octanol–water partition coefficient (Wildman–Crippen LogP) is 7.83. The van der Waals surface area contributed by atoms with Crippen molar-refractivity contribution >= 4 is 0 Å². The molecule has 0 aliphatic carbocycles. The van der Waals surface area contributed by atoms with Gasteiger partial charge in [0.1, 0.15) is 0 Å². The SMILES string of the molecule is CCCCCCCCCCCCOCC(CO)(CO)CCCCCCCOCCCCCC. The van der Waals surface area contributed by atoms with Gasteiger partial charge in [0.05, 0.1) is 19.8 Å². The monoisotopic (exact) mass is 472 g/mol. The Labute approximate surface area is 207 Å². The summed E-state index contributed by atoms with van der Waals surface area (Å²) in [5, 5.41) is 19.7. The van der Waals surface area contributed by atoms with Crippen LogP contribution in [0.5, 0.6) is 0 Å². The molecule has 0 aliphatic heterocycles. The molecule has 0 rings (SSSR count). The maximum absolute atomic E-state index is 9.87. The van der Waals surface area contributed by atoms with Crippen LogP contribution in [0.15, 0.2) is 0 Å². The summed E-state index contributed by atoms with van der Waals surface area (Å²) in [5.41, 5.74) is -0.472. The van der Waals surface area contributed by atoms with Crippen molar-refractivity contribution in [1.29, 1.82) is 0 Å². The third kappa shape index (κ3) is 22.1. The summed E-state index contributed by atoms with van der Waals surface area (Å²) >= 11 is 0. The largest absolute Gasteiger partial charge is 0.396 e. The van der Waals surface area contributed by atoms with Crippen molar-refractivity contribution < 1.29 is 19.7 Å². The van der Waals surface area contributed by atoms with Crippen LogP contribution in [0.4, 0.5) is 0 Å². The van der Waals surface area contributed by atoms with Crippen LogP contribution in [0.25, 0.3) is 0 Å². The van der Waals surface area contributed by atoms with E-state index in [4.69, 9.17) is 9.47 Å². The molecular formula is C29H60O4. The number of aliphatic hydroxyl groups is 2. The molecule has 4 heteroatoms. The minimum absolute atomic E-state index is 0.00734. The first-order chi connectivity index (χ1) is 16.2. The number of ether oxygens (including phenoxy) is 2. The predicted molar refractivity (Wildman–Crippen MR) is 142 cm³/mol. The first-order valence-corrected chi connectivity index (χ1v) is 14.6. The molecular weight excluding hydrogens is 412 g/mol. The Morgan fingerprint density at radius 3 is 1.27 bits per heavy atom. The molecule has 200 valence electrons. The summed E-state index contributed by atoms with van der Waals surface area (Å²) in [6, 6.07) is 0. The van der Waals surface area contributed by atoms with Gasteiger partial charge in [-0.15, -0.1) is 0 Å². The highest BCUT2D eigenvalue weighted by Gasteiger charge is 2.28. The van der Waals surface area contributed by atoms with E-state index in [2.05, 4.69) is 13.8 Å². The van der Waals surface area contributed by atoms with Crippen molar-refractivity contribution in [1.82, 2.24) is 0 Å². The molecule has 0 spiro atoms. The van der Waals surface area contributed by atoms with Gasteiger partial charge in [0.15, 0.2) is 0 Å². The first kappa shape index (κ1) is 32.8. The van der Waals surface area contributed by atoms with Crippen molar-refractivity contribution in [2.45, 2.75) is 142 Å². The van der Waals surface area contributed by atoms with E-state index in [1.807, 2.05) is 0 Å². The molecule has 0 atom stereocenters. The van der Waals surface area contributed by atoms with E-state index in [0.29, 0.717) is 6.61 Å². The molecule has 0 aromatic rings. The van der Waals surface area contributed by atoms with Gasteiger partial charge in [0, 0.05) is 25.2 Å². The molecule has 0 aromatic carbocycles. The summed E-state index contributed by atoms with van der Waals surface area (Å²) in [6.07, 6.45) is 24.9. The van der Waals surface area contributed by atoms with Gasteiger partial charge in [0.25, 0.3) is 0 Å². The fourth-order valence-electron chi connectivity index (χ4n) is 4.32. The van der Waals surface area contributed by atoms with E-state index in [9.17, 15) is 10.2 Å². The normalized spacial score (nSPS) is 12.0. The lowest BCUT2D eigenvalue weighted by Gasteiger charge is -2.29. The van der Waals surface area contributed by atoms with Gasteiger partial charge in [0.2, 0.25) is 0 Å². The van der Waals surface area contributed by atoms with Crippen LogP contribution in [0.3, 0.4) is 0 Å². The highest BCUT2D eigenvalue weighted by Crippen LogP contribution is 2.25. The quantitative estimate of drug-likeness (QED) is 0.114. The lowest BCUT2D eigenvalue weighted by Crippen LogP contribution is -2.35. The number of aliphatic hydroxyl groups excluding tert-OH is 2. The van der Waals surface area contributed by atoms with Gasteiger partial charge in [-0.25, -0.2) is 0 Å². The van der Waals surface area contributed by atoms with Crippen LogP contribution in [0, 0.1) is 5.41 Å². The Morgan fingerprint density at radius 1 is 0.455 bits per heavy atom. The van der Waals surface area contributed by atoms with E-state index in [0.717, 1.165) is 51.9 Å². The molecule has 0 bridgehead atoms. The van der Waals surface area contributed by atoms with Gasteiger partial charge < -0.3 is 19.7 Å². The molecule has 0 fully saturated rings. The van der Waals surface area contributed by atoms with Crippen LogP contribution in [-0.4, -0.2) is 49.9 Å². The topological polar surface area (TPSA) is 58.9 Å². The molecule has 0 radical (unpaired) electrons. The zero-order chi connectivity index (χ0) is 24.3. The van der Waals surface area contributed by atoms with Gasteiger partial charge in [-0.1, -0.05) is 117 Å². The Hall–Kier alpha value is -0.160. The van der Waals surface area contributed by atoms with Crippen molar-refractivity contribution in [3.8, 4) is 0 Å². The Morgan fingerprint density at radius 2 is 0.818 bits per heavy atom. The lowest BCUT2D eigenvalue weighted by atomic mass is 9.85. The summed E-state index contributed by atoms with van der Waals surface area (Å²) < 4.78 is 11.6. The van der Waals surface area contributed by atoms with Crippen LogP contribution in [0.1, 0.15) is 142 Å². The van der Waals surface area contributed by atoms with Gasteiger partial charge in [-0.3, -0.25) is 0 Å². The van der Waals surface area contributed by atoms with E-state index in [1.165, 1.54) is 96.3 Å². The maximum Gasteiger partial charge on any atom is 0.0566 e. The van der Waals surface area contributed by atoms with Gasteiger partial charge >= 0.3 is 0 Å². The second kappa shape index (κ2) is 26.4. The number of rotatable bonds is 28. The van der Waals surface area contributed by atoms with E-state index < -0.39 is 5.41 Å². The maximum atomic E-state index is 9.87. The zero-order valence-corrected chi connectivity index (χ0v) is 22.6. The third-order valence-electron chi connectivity index (χ3n) is 6.86. The van der Waals surface area contributed by atoms with E-state index in [1.54, 1.807) is 0 Å². The molecule has 0 saturated carbocycles. The molecule has 0 saturated heterocycles. The zero-order valence-electron chi connectivity index (χ0n) is 22.6. The molecule has 0 unspecified atom stereocenters. The highest BCUT2D eigenvalue weighted by atomic mass is 16.5. The summed E-state index contributed by atoms with van der Waals surface area (Å²) in [4.78, 5) is 0.